The van der Waals surface area contributed by atoms with Crippen molar-refractivity contribution in [1.82, 2.24) is 0 Å². The second kappa shape index (κ2) is 3.46. The van der Waals surface area contributed by atoms with E-state index in [-0.39, 0.29) is 0 Å². The highest BCUT2D eigenvalue weighted by molar-refractivity contribution is 5.95. The van der Waals surface area contributed by atoms with Crippen molar-refractivity contribution in [3.63, 3.8) is 0 Å². The molecule has 0 heterocycles. The number of rotatable bonds is 0. The minimum atomic E-state index is 1.08. The summed E-state index contributed by atoms with van der Waals surface area (Å²) in [5.74, 6) is 0. The standard InChI is InChI=1S/C18H14/c1-12-6-8-16-14(10-12)7-9-17-15-5-3-2-4-13(15)11-18(16)17/h2-10H,11H2,1H3. The van der Waals surface area contributed by atoms with Gasteiger partial charge in [0.15, 0.2) is 0 Å². The van der Waals surface area contributed by atoms with Gasteiger partial charge >= 0.3 is 0 Å². The minimum absolute atomic E-state index is 1.08. The summed E-state index contributed by atoms with van der Waals surface area (Å²) in [4.78, 5) is 0. The minimum Gasteiger partial charge on any atom is -0.0619 e. The van der Waals surface area contributed by atoms with Crippen LogP contribution in [-0.2, 0) is 6.42 Å². The van der Waals surface area contributed by atoms with Crippen LogP contribution in [-0.4, -0.2) is 0 Å². The topological polar surface area (TPSA) is 0 Å². The van der Waals surface area contributed by atoms with E-state index in [1.807, 2.05) is 0 Å². The van der Waals surface area contributed by atoms with Gasteiger partial charge in [-0.15, -0.1) is 0 Å². The maximum Gasteiger partial charge on any atom is -0.000729 e. The third-order valence-electron chi connectivity index (χ3n) is 3.96. The molecule has 0 aromatic heterocycles. The fourth-order valence-electron chi connectivity index (χ4n) is 3.08. The molecule has 0 bridgehead atoms. The van der Waals surface area contributed by atoms with Gasteiger partial charge in [0.1, 0.15) is 0 Å². The molecule has 1 aliphatic carbocycles. The predicted octanol–water partition coefficient (Wildman–Crippen LogP) is 4.72. The first kappa shape index (κ1) is 9.90. The number of fused-ring (bicyclic) bond motifs is 5. The summed E-state index contributed by atoms with van der Waals surface area (Å²) in [6.07, 6.45) is 1.08. The first-order valence-corrected chi connectivity index (χ1v) is 6.43. The molecule has 3 aromatic rings. The van der Waals surface area contributed by atoms with Crippen molar-refractivity contribution >= 4 is 10.8 Å². The van der Waals surface area contributed by atoms with Crippen molar-refractivity contribution in [1.29, 1.82) is 0 Å². The highest BCUT2D eigenvalue weighted by Gasteiger charge is 2.19. The van der Waals surface area contributed by atoms with E-state index in [2.05, 4.69) is 61.5 Å². The van der Waals surface area contributed by atoms with E-state index in [9.17, 15) is 0 Å². The van der Waals surface area contributed by atoms with Gasteiger partial charge in [-0.25, -0.2) is 0 Å². The summed E-state index contributed by atoms with van der Waals surface area (Å²) in [7, 11) is 0. The lowest BCUT2D eigenvalue weighted by Crippen LogP contribution is -1.84. The van der Waals surface area contributed by atoms with Crippen LogP contribution in [0.3, 0.4) is 0 Å². The Morgan fingerprint density at radius 2 is 1.72 bits per heavy atom. The molecule has 0 N–H and O–H groups in total. The van der Waals surface area contributed by atoms with Crippen LogP contribution in [0.1, 0.15) is 16.7 Å². The van der Waals surface area contributed by atoms with Crippen LogP contribution < -0.4 is 0 Å². The molecule has 0 amide bonds. The summed E-state index contributed by atoms with van der Waals surface area (Å²) >= 11 is 0. The van der Waals surface area contributed by atoms with Gasteiger partial charge < -0.3 is 0 Å². The second-order valence-corrected chi connectivity index (χ2v) is 5.15. The maximum atomic E-state index is 2.28. The van der Waals surface area contributed by atoms with Gasteiger partial charge in [-0.2, -0.15) is 0 Å². The van der Waals surface area contributed by atoms with Crippen molar-refractivity contribution in [3.05, 3.63) is 71.3 Å². The van der Waals surface area contributed by atoms with Crippen LogP contribution in [0, 0.1) is 6.92 Å². The normalized spacial score (nSPS) is 12.5. The van der Waals surface area contributed by atoms with E-state index >= 15 is 0 Å². The highest BCUT2D eigenvalue weighted by atomic mass is 14.2. The summed E-state index contributed by atoms with van der Waals surface area (Å²) in [5, 5.41) is 2.77. The zero-order chi connectivity index (χ0) is 12.1. The van der Waals surface area contributed by atoms with E-state index < -0.39 is 0 Å². The Labute approximate surface area is 107 Å². The van der Waals surface area contributed by atoms with Gasteiger partial charge in [-0.1, -0.05) is 60.2 Å². The van der Waals surface area contributed by atoms with Crippen LogP contribution in [0.5, 0.6) is 0 Å². The van der Waals surface area contributed by atoms with Gasteiger partial charge in [0.25, 0.3) is 0 Å². The van der Waals surface area contributed by atoms with E-state index in [0.717, 1.165) is 6.42 Å². The zero-order valence-electron chi connectivity index (χ0n) is 10.4. The van der Waals surface area contributed by atoms with Gasteiger partial charge in [0, 0.05) is 0 Å². The van der Waals surface area contributed by atoms with Crippen LogP contribution in [0.4, 0.5) is 0 Å². The van der Waals surface area contributed by atoms with Gasteiger partial charge in [-0.05, 0) is 46.4 Å². The Hall–Kier alpha value is -2.08. The first-order valence-electron chi connectivity index (χ1n) is 6.43. The highest BCUT2D eigenvalue weighted by Crippen LogP contribution is 2.40. The molecule has 0 radical (unpaired) electrons. The summed E-state index contributed by atoms with van der Waals surface area (Å²) < 4.78 is 0. The molecule has 0 nitrogen and oxygen atoms in total. The quantitative estimate of drug-likeness (QED) is 0.410. The van der Waals surface area contributed by atoms with Crippen molar-refractivity contribution in [2.45, 2.75) is 13.3 Å². The Morgan fingerprint density at radius 1 is 0.833 bits per heavy atom. The molecule has 0 spiro atoms. The smallest absolute Gasteiger partial charge is 0.000729 e. The summed E-state index contributed by atoms with van der Waals surface area (Å²) in [5.41, 5.74) is 7.11. The Bertz CT molecular complexity index is 766. The molecule has 1 aliphatic rings. The lowest BCUT2D eigenvalue weighted by Gasteiger charge is -2.06. The first-order chi connectivity index (χ1) is 8.83. The molecule has 86 valence electrons. The number of aryl methyl sites for hydroxylation is 1. The van der Waals surface area contributed by atoms with E-state index in [1.54, 1.807) is 0 Å². The van der Waals surface area contributed by atoms with Crippen molar-refractivity contribution in [2.24, 2.45) is 0 Å². The zero-order valence-corrected chi connectivity index (χ0v) is 10.4. The van der Waals surface area contributed by atoms with Crippen LogP contribution in [0.2, 0.25) is 0 Å². The number of hydrogen-bond donors (Lipinski definition) is 0. The van der Waals surface area contributed by atoms with Crippen LogP contribution in [0.25, 0.3) is 21.9 Å². The van der Waals surface area contributed by atoms with Crippen molar-refractivity contribution in [2.75, 3.05) is 0 Å². The lowest BCUT2D eigenvalue weighted by molar-refractivity contribution is 1.28. The molecular formula is C18H14. The van der Waals surface area contributed by atoms with Gasteiger partial charge in [0.2, 0.25) is 0 Å². The van der Waals surface area contributed by atoms with E-state index in [0.29, 0.717) is 0 Å². The van der Waals surface area contributed by atoms with Crippen LogP contribution in [0.15, 0.2) is 54.6 Å². The summed E-state index contributed by atoms with van der Waals surface area (Å²) in [6, 6.07) is 20.0. The van der Waals surface area contributed by atoms with Gasteiger partial charge in [0.05, 0.1) is 0 Å². The molecular weight excluding hydrogens is 216 g/mol. The average Bonchev–Trinajstić information content (AvgIpc) is 2.77. The fourth-order valence-corrected chi connectivity index (χ4v) is 3.08. The third kappa shape index (κ3) is 1.26. The second-order valence-electron chi connectivity index (χ2n) is 5.15. The Kier molecular flexibility index (Phi) is 1.90. The molecule has 0 saturated heterocycles. The van der Waals surface area contributed by atoms with Gasteiger partial charge in [-0.3, -0.25) is 0 Å². The molecule has 0 atom stereocenters. The largest absolute Gasteiger partial charge is 0.0619 e. The summed E-state index contributed by atoms with van der Waals surface area (Å²) in [6.45, 7) is 2.15. The molecule has 18 heavy (non-hydrogen) atoms. The molecule has 4 rings (SSSR count). The Balaban J connectivity index is 2.07. The van der Waals surface area contributed by atoms with Crippen molar-refractivity contribution in [3.8, 4) is 11.1 Å². The SMILES string of the molecule is Cc1ccc2c3c(ccc2c1)-c1ccccc1C3. The van der Waals surface area contributed by atoms with Crippen molar-refractivity contribution < 1.29 is 0 Å². The third-order valence-corrected chi connectivity index (χ3v) is 3.96. The molecule has 0 fully saturated rings. The fraction of sp³-hybridized carbons (Fsp3) is 0.111. The number of hydrogen-bond acceptors (Lipinski definition) is 0. The van der Waals surface area contributed by atoms with E-state index in [4.69, 9.17) is 0 Å². The lowest BCUT2D eigenvalue weighted by atomic mass is 9.98. The Morgan fingerprint density at radius 3 is 2.67 bits per heavy atom. The molecule has 3 aromatic carbocycles. The van der Waals surface area contributed by atoms with Crippen LogP contribution >= 0.6 is 0 Å². The monoisotopic (exact) mass is 230 g/mol. The molecule has 0 heteroatoms. The van der Waals surface area contributed by atoms with E-state index in [1.165, 1.54) is 38.6 Å². The molecule has 0 unspecified atom stereocenters. The molecule has 0 aliphatic heterocycles. The number of benzene rings is 3. The maximum absolute atomic E-state index is 2.28. The molecule has 0 saturated carbocycles. The average molecular weight is 230 g/mol. The predicted molar refractivity (Wildman–Crippen MR) is 76.9 cm³/mol.